The lowest BCUT2D eigenvalue weighted by atomic mass is 10.0. The van der Waals surface area contributed by atoms with E-state index in [9.17, 15) is 14.0 Å². The molecule has 30 heavy (non-hydrogen) atoms. The Labute approximate surface area is 183 Å². The normalized spacial score (nSPS) is 11.6. The van der Waals surface area contributed by atoms with Gasteiger partial charge in [0.15, 0.2) is 0 Å². The Morgan fingerprint density at radius 2 is 1.77 bits per heavy atom. The number of nitrogens with zero attached hydrogens (tertiary/aromatic N) is 1. The number of halogens is 2. The number of hydrogen-bond donors (Lipinski definition) is 1. The van der Waals surface area contributed by atoms with Crippen LogP contribution < -0.4 is 5.32 Å². The highest BCUT2D eigenvalue weighted by atomic mass is 79.9. The molecule has 3 aromatic carbocycles. The molecule has 2 amide bonds. The van der Waals surface area contributed by atoms with Crippen molar-refractivity contribution in [1.29, 1.82) is 0 Å². The van der Waals surface area contributed by atoms with Crippen LogP contribution in [0.2, 0.25) is 0 Å². The van der Waals surface area contributed by atoms with Crippen molar-refractivity contribution in [3.05, 3.63) is 99.8 Å². The minimum absolute atomic E-state index is 0.0130. The SMILES string of the molecule is CC(=O)Nc1cccc(C(C)N(Cc2ccccc2)C(=O)c2ccc(Br)cc2F)c1. The summed E-state index contributed by atoms with van der Waals surface area (Å²) in [6, 6.07) is 21.0. The molecule has 3 rings (SSSR count). The van der Waals surface area contributed by atoms with E-state index in [2.05, 4.69) is 21.2 Å². The number of carbonyl (C=O) groups excluding carboxylic acids is 2. The second-order valence-corrected chi connectivity index (χ2v) is 7.94. The zero-order valence-corrected chi connectivity index (χ0v) is 18.3. The van der Waals surface area contributed by atoms with Crippen molar-refractivity contribution in [2.45, 2.75) is 26.4 Å². The van der Waals surface area contributed by atoms with Gasteiger partial charge in [0.2, 0.25) is 5.91 Å². The van der Waals surface area contributed by atoms with E-state index in [1.807, 2.05) is 55.5 Å². The fraction of sp³-hybridized carbons (Fsp3) is 0.167. The Hall–Kier alpha value is -2.99. The summed E-state index contributed by atoms with van der Waals surface area (Å²) < 4.78 is 15.1. The second-order valence-electron chi connectivity index (χ2n) is 7.03. The van der Waals surface area contributed by atoms with Crippen LogP contribution in [0, 0.1) is 5.82 Å². The van der Waals surface area contributed by atoms with Crippen molar-refractivity contribution >= 4 is 33.4 Å². The molecule has 1 unspecified atom stereocenters. The van der Waals surface area contributed by atoms with Gasteiger partial charge in [-0.1, -0.05) is 58.4 Å². The number of amides is 2. The van der Waals surface area contributed by atoms with Crippen LogP contribution in [-0.2, 0) is 11.3 Å². The first kappa shape index (κ1) is 21.7. The summed E-state index contributed by atoms with van der Waals surface area (Å²) in [6.45, 7) is 3.66. The molecule has 154 valence electrons. The molecule has 1 atom stereocenters. The largest absolute Gasteiger partial charge is 0.327 e. The van der Waals surface area contributed by atoms with Gasteiger partial charge in [0.1, 0.15) is 5.82 Å². The van der Waals surface area contributed by atoms with Crippen molar-refractivity contribution in [1.82, 2.24) is 4.90 Å². The molecule has 0 bridgehead atoms. The van der Waals surface area contributed by atoms with E-state index < -0.39 is 11.7 Å². The standard InChI is InChI=1S/C24H22BrFN2O2/c1-16(19-9-6-10-21(13-19)27-17(2)29)28(15-18-7-4-3-5-8-18)24(30)22-12-11-20(25)14-23(22)26/h3-14,16H,15H2,1-2H3,(H,27,29). The molecule has 6 heteroatoms. The van der Waals surface area contributed by atoms with Crippen LogP contribution in [0.1, 0.15) is 41.4 Å². The van der Waals surface area contributed by atoms with E-state index in [1.165, 1.54) is 19.1 Å². The average Bonchev–Trinajstić information content (AvgIpc) is 2.71. The highest BCUT2D eigenvalue weighted by molar-refractivity contribution is 9.10. The lowest BCUT2D eigenvalue weighted by Crippen LogP contribution is -2.33. The molecule has 0 heterocycles. The Kier molecular flexibility index (Phi) is 7.00. The quantitative estimate of drug-likeness (QED) is 0.485. The van der Waals surface area contributed by atoms with Crippen LogP contribution in [0.3, 0.4) is 0 Å². The van der Waals surface area contributed by atoms with Crippen molar-refractivity contribution in [3.8, 4) is 0 Å². The third kappa shape index (κ3) is 5.33. The average molecular weight is 469 g/mol. The number of hydrogen-bond acceptors (Lipinski definition) is 2. The third-order valence-corrected chi connectivity index (χ3v) is 5.27. The van der Waals surface area contributed by atoms with Gasteiger partial charge in [0.25, 0.3) is 5.91 Å². The molecule has 4 nitrogen and oxygen atoms in total. The smallest absolute Gasteiger partial charge is 0.257 e. The Balaban J connectivity index is 1.98. The van der Waals surface area contributed by atoms with Gasteiger partial charge < -0.3 is 10.2 Å². The molecule has 0 aromatic heterocycles. The maximum Gasteiger partial charge on any atom is 0.257 e. The molecule has 1 N–H and O–H groups in total. The molecule has 0 fully saturated rings. The van der Waals surface area contributed by atoms with Crippen molar-refractivity contribution in [3.63, 3.8) is 0 Å². The number of rotatable bonds is 6. The van der Waals surface area contributed by atoms with Crippen LogP contribution >= 0.6 is 15.9 Å². The third-order valence-electron chi connectivity index (χ3n) is 4.78. The summed E-state index contributed by atoms with van der Waals surface area (Å²) in [5, 5.41) is 2.76. The number of carbonyl (C=O) groups is 2. The Morgan fingerprint density at radius 1 is 1.03 bits per heavy atom. The minimum Gasteiger partial charge on any atom is -0.327 e. The first-order valence-corrected chi connectivity index (χ1v) is 10.3. The minimum atomic E-state index is -0.577. The highest BCUT2D eigenvalue weighted by Gasteiger charge is 2.25. The van der Waals surface area contributed by atoms with Gasteiger partial charge in [-0.15, -0.1) is 0 Å². The molecule has 0 aliphatic rings. The van der Waals surface area contributed by atoms with Gasteiger partial charge >= 0.3 is 0 Å². The van der Waals surface area contributed by atoms with E-state index in [-0.39, 0.29) is 17.5 Å². The summed E-state index contributed by atoms with van der Waals surface area (Å²) in [7, 11) is 0. The van der Waals surface area contributed by atoms with Crippen molar-refractivity contribution in [2.24, 2.45) is 0 Å². The maximum atomic E-state index is 14.5. The van der Waals surface area contributed by atoms with E-state index in [1.54, 1.807) is 17.0 Å². The number of nitrogens with one attached hydrogen (secondary N) is 1. The molecule has 3 aromatic rings. The van der Waals surface area contributed by atoms with E-state index >= 15 is 0 Å². The molecule has 0 saturated heterocycles. The van der Waals surface area contributed by atoms with Crippen LogP contribution in [0.4, 0.5) is 10.1 Å². The second kappa shape index (κ2) is 9.67. The van der Waals surface area contributed by atoms with Gasteiger partial charge in [-0.2, -0.15) is 0 Å². The van der Waals surface area contributed by atoms with E-state index in [0.29, 0.717) is 16.7 Å². The summed E-state index contributed by atoms with van der Waals surface area (Å²) in [5.41, 5.74) is 2.43. The Morgan fingerprint density at radius 3 is 2.43 bits per heavy atom. The van der Waals surface area contributed by atoms with Gasteiger partial charge in [-0.05, 0) is 48.4 Å². The Bertz CT molecular complexity index is 1060. The molecule has 0 saturated carbocycles. The molecule has 0 spiro atoms. The zero-order valence-electron chi connectivity index (χ0n) is 16.7. The summed E-state index contributed by atoms with van der Waals surface area (Å²) in [5.74, 6) is -1.15. The highest BCUT2D eigenvalue weighted by Crippen LogP contribution is 2.28. The van der Waals surface area contributed by atoms with Crippen molar-refractivity contribution in [2.75, 3.05) is 5.32 Å². The van der Waals surface area contributed by atoms with Gasteiger partial charge in [0, 0.05) is 23.6 Å². The van der Waals surface area contributed by atoms with Crippen LogP contribution in [0.15, 0.2) is 77.3 Å². The molecular formula is C24H22BrFN2O2. The van der Waals surface area contributed by atoms with Crippen LogP contribution in [0.5, 0.6) is 0 Å². The first-order chi connectivity index (χ1) is 14.3. The van der Waals surface area contributed by atoms with E-state index in [0.717, 1.165) is 11.1 Å². The van der Waals surface area contributed by atoms with Crippen LogP contribution in [0.25, 0.3) is 0 Å². The fourth-order valence-corrected chi connectivity index (χ4v) is 3.58. The first-order valence-electron chi connectivity index (χ1n) is 9.52. The fourth-order valence-electron chi connectivity index (χ4n) is 3.24. The number of benzene rings is 3. The van der Waals surface area contributed by atoms with Crippen molar-refractivity contribution < 1.29 is 14.0 Å². The van der Waals surface area contributed by atoms with Gasteiger partial charge in [-0.3, -0.25) is 9.59 Å². The monoisotopic (exact) mass is 468 g/mol. The molecule has 0 aliphatic carbocycles. The maximum absolute atomic E-state index is 14.5. The zero-order chi connectivity index (χ0) is 21.7. The van der Waals surface area contributed by atoms with Gasteiger partial charge in [-0.25, -0.2) is 4.39 Å². The lowest BCUT2D eigenvalue weighted by molar-refractivity contribution is -0.114. The van der Waals surface area contributed by atoms with Crippen LogP contribution in [-0.4, -0.2) is 16.7 Å². The predicted molar refractivity (Wildman–Crippen MR) is 120 cm³/mol. The topological polar surface area (TPSA) is 49.4 Å². The summed E-state index contributed by atoms with van der Waals surface area (Å²) in [4.78, 5) is 26.4. The summed E-state index contributed by atoms with van der Waals surface area (Å²) in [6.07, 6.45) is 0. The summed E-state index contributed by atoms with van der Waals surface area (Å²) >= 11 is 3.23. The lowest BCUT2D eigenvalue weighted by Gasteiger charge is -2.30. The molecule has 0 radical (unpaired) electrons. The van der Waals surface area contributed by atoms with E-state index in [4.69, 9.17) is 0 Å². The number of anilines is 1. The molecule has 0 aliphatic heterocycles. The van der Waals surface area contributed by atoms with Gasteiger partial charge in [0.05, 0.1) is 11.6 Å². The molecular weight excluding hydrogens is 447 g/mol. The predicted octanol–water partition coefficient (Wildman–Crippen LogP) is 5.95.